The Morgan fingerprint density at radius 3 is 2.50 bits per heavy atom. The van der Waals surface area contributed by atoms with Crippen molar-refractivity contribution in [1.29, 1.82) is 0 Å². The van der Waals surface area contributed by atoms with Gasteiger partial charge in [0.2, 0.25) is 0 Å². The SMILES string of the molecule is CC(C)(O)c1ccc(Br)cc1-c1cc2ccccc2o1. The summed E-state index contributed by atoms with van der Waals surface area (Å²) in [4.78, 5) is 0. The highest BCUT2D eigenvalue weighted by Crippen LogP contribution is 2.36. The van der Waals surface area contributed by atoms with Crippen LogP contribution in [-0.4, -0.2) is 5.11 Å². The topological polar surface area (TPSA) is 33.4 Å². The summed E-state index contributed by atoms with van der Waals surface area (Å²) in [6.45, 7) is 3.56. The molecular weight excluding hydrogens is 316 g/mol. The van der Waals surface area contributed by atoms with Gasteiger partial charge in [0.05, 0.1) is 5.60 Å². The van der Waals surface area contributed by atoms with Gasteiger partial charge < -0.3 is 9.52 Å². The molecule has 2 aromatic carbocycles. The van der Waals surface area contributed by atoms with E-state index in [2.05, 4.69) is 15.9 Å². The fourth-order valence-corrected chi connectivity index (χ4v) is 2.73. The molecule has 1 N–H and O–H groups in total. The summed E-state index contributed by atoms with van der Waals surface area (Å²) >= 11 is 3.48. The lowest BCUT2D eigenvalue weighted by molar-refractivity contribution is 0.0790. The van der Waals surface area contributed by atoms with Crippen molar-refractivity contribution in [3.8, 4) is 11.3 Å². The molecule has 0 radical (unpaired) electrons. The first-order chi connectivity index (χ1) is 9.45. The van der Waals surface area contributed by atoms with E-state index in [0.29, 0.717) is 0 Å². The average molecular weight is 331 g/mol. The Kier molecular flexibility index (Phi) is 3.19. The largest absolute Gasteiger partial charge is 0.456 e. The van der Waals surface area contributed by atoms with E-state index < -0.39 is 5.60 Å². The second kappa shape index (κ2) is 4.76. The summed E-state index contributed by atoms with van der Waals surface area (Å²) in [5.74, 6) is 0.768. The van der Waals surface area contributed by atoms with Gasteiger partial charge in [0.15, 0.2) is 0 Å². The molecule has 0 spiro atoms. The van der Waals surface area contributed by atoms with Crippen LogP contribution in [0.15, 0.2) is 57.4 Å². The van der Waals surface area contributed by atoms with Gasteiger partial charge in [0.25, 0.3) is 0 Å². The first-order valence-corrected chi connectivity index (χ1v) is 7.26. The number of halogens is 1. The second-order valence-corrected chi connectivity index (χ2v) is 6.31. The van der Waals surface area contributed by atoms with Crippen molar-refractivity contribution in [3.63, 3.8) is 0 Å². The van der Waals surface area contributed by atoms with E-state index >= 15 is 0 Å². The minimum atomic E-state index is -0.922. The molecule has 0 atom stereocenters. The van der Waals surface area contributed by atoms with Crippen molar-refractivity contribution in [2.75, 3.05) is 0 Å². The van der Waals surface area contributed by atoms with E-state index in [1.165, 1.54) is 0 Å². The van der Waals surface area contributed by atoms with Crippen molar-refractivity contribution in [3.05, 3.63) is 58.6 Å². The highest BCUT2D eigenvalue weighted by Gasteiger charge is 2.22. The van der Waals surface area contributed by atoms with Gasteiger partial charge in [-0.15, -0.1) is 0 Å². The molecule has 0 fully saturated rings. The van der Waals surface area contributed by atoms with Gasteiger partial charge in [-0.25, -0.2) is 0 Å². The summed E-state index contributed by atoms with van der Waals surface area (Å²) in [6.07, 6.45) is 0. The maximum Gasteiger partial charge on any atom is 0.135 e. The normalized spacial score (nSPS) is 12.0. The highest BCUT2D eigenvalue weighted by atomic mass is 79.9. The van der Waals surface area contributed by atoms with E-state index in [9.17, 15) is 5.11 Å². The first kappa shape index (κ1) is 13.4. The summed E-state index contributed by atoms with van der Waals surface area (Å²) in [7, 11) is 0. The monoisotopic (exact) mass is 330 g/mol. The summed E-state index contributed by atoms with van der Waals surface area (Å²) in [5, 5.41) is 11.4. The van der Waals surface area contributed by atoms with Crippen LogP contribution in [-0.2, 0) is 5.60 Å². The molecule has 0 unspecified atom stereocenters. The molecule has 3 heteroatoms. The molecule has 3 aromatic rings. The van der Waals surface area contributed by atoms with Gasteiger partial charge in [-0.05, 0) is 43.7 Å². The number of rotatable bonds is 2. The van der Waals surface area contributed by atoms with Gasteiger partial charge in [0, 0.05) is 15.4 Å². The maximum absolute atomic E-state index is 10.3. The van der Waals surface area contributed by atoms with E-state index in [0.717, 1.165) is 32.3 Å². The molecule has 3 rings (SSSR count). The van der Waals surface area contributed by atoms with E-state index in [1.54, 1.807) is 13.8 Å². The molecule has 1 aromatic heterocycles. The second-order valence-electron chi connectivity index (χ2n) is 5.40. The number of hydrogen-bond donors (Lipinski definition) is 1. The quantitative estimate of drug-likeness (QED) is 0.709. The summed E-state index contributed by atoms with van der Waals surface area (Å²) in [5.41, 5.74) is 1.68. The highest BCUT2D eigenvalue weighted by molar-refractivity contribution is 9.10. The van der Waals surface area contributed by atoms with Gasteiger partial charge in [0.1, 0.15) is 11.3 Å². The Hall–Kier alpha value is -1.58. The Morgan fingerprint density at radius 1 is 1.05 bits per heavy atom. The zero-order valence-corrected chi connectivity index (χ0v) is 12.9. The lowest BCUT2D eigenvalue weighted by Crippen LogP contribution is -2.16. The molecule has 102 valence electrons. The van der Waals surface area contributed by atoms with Crippen LogP contribution in [0.1, 0.15) is 19.4 Å². The van der Waals surface area contributed by atoms with Crippen LogP contribution in [0, 0.1) is 0 Å². The molecule has 0 amide bonds. The zero-order chi connectivity index (χ0) is 14.3. The number of benzene rings is 2. The number of fused-ring (bicyclic) bond motifs is 1. The zero-order valence-electron chi connectivity index (χ0n) is 11.4. The molecule has 0 aliphatic carbocycles. The fourth-order valence-electron chi connectivity index (χ4n) is 2.37. The number of para-hydroxylation sites is 1. The lowest BCUT2D eigenvalue weighted by atomic mass is 9.92. The first-order valence-electron chi connectivity index (χ1n) is 6.46. The van der Waals surface area contributed by atoms with Crippen LogP contribution in [0.3, 0.4) is 0 Å². The van der Waals surface area contributed by atoms with Gasteiger partial charge in [-0.1, -0.05) is 40.2 Å². The molecule has 2 nitrogen and oxygen atoms in total. The molecule has 0 saturated heterocycles. The van der Waals surface area contributed by atoms with E-state index in [-0.39, 0.29) is 0 Å². The van der Waals surface area contributed by atoms with Crippen LogP contribution in [0.4, 0.5) is 0 Å². The number of hydrogen-bond acceptors (Lipinski definition) is 2. The smallest absolute Gasteiger partial charge is 0.135 e. The molecule has 0 aliphatic rings. The average Bonchev–Trinajstić information content (AvgIpc) is 2.80. The van der Waals surface area contributed by atoms with Crippen molar-refractivity contribution < 1.29 is 9.52 Å². The third-order valence-electron chi connectivity index (χ3n) is 3.33. The molecule has 1 heterocycles. The van der Waals surface area contributed by atoms with Crippen molar-refractivity contribution in [2.45, 2.75) is 19.4 Å². The minimum absolute atomic E-state index is 0.768. The minimum Gasteiger partial charge on any atom is -0.456 e. The Labute approximate surface area is 126 Å². The number of aliphatic hydroxyl groups is 1. The van der Waals surface area contributed by atoms with Crippen molar-refractivity contribution >= 4 is 26.9 Å². The molecular formula is C17H15BrO2. The Morgan fingerprint density at radius 2 is 1.80 bits per heavy atom. The standard InChI is InChI=1S/C17H15BrO2/c1-17(2,19)14-8-7-12(18)10-13(14)16-9-11-5-3-4-6-15(11)20-16/h3-10,19H,1-2H3. The van der Waals surface area contributed by atoms with Gasteiger partial charge >= 0.3 is 0 Å². The van der Waals surface area contributed by atoms with E-state index in [1.807, 2.05) is 48.5 Å². The maximum atomic E-state index is 10.3. The molecule has 20 heavy (non-hydrogen) atoms. The van der Waals surface area contributed by atoms with Gasteiger partial charge in [-0.2, -0.15) is 0 Å². The van der Waals surface area contributed by atoms with Gasteiger partial charge in [-0.3, -0.25) is 0 Å². The van der Waals surface area contributed by atoms with Crippen LogP contribution in [0.5, 0.6) is 0 Å². The van der Waals surface area contributed by atoms with E-state index in [4.69, 9.17) is 4.42 Å². The third kappa shape index (κ3) is 2.39. The lowest BCUT2D eigenvalue weighted by Gasteiger charge is -2.21. The van der Waals surface area contributed by atoms with Crippen LogP contribution >= 0.6 is 15.9 Å². The molecule has 0 bridgehead atoms. The summed E-state index contributed by atoms with van der Waals surface area (Å²) < 4.78 is 6.87. The number of furan rings is 1. The predicted molar refractivity (Wildman–Crippen MR) is 84.6 cm³/mol. The molecule has 0 aliphatic heterocycles. The van der Waals surface area contributed by atoms with Crippen LogP contribution in [0.25, 0.3) is 22.3 Å². The fraction of sp³-hybridized carbons (Fsp3) is 0.176. The Bertz CT molecular complexity index is 733. The third-order valence-corrected chi connectivity index (χ3v) is 3.82. The molecule has 0 saturated carbocycles. The van der Waals surface area contributed by atoms with Crippen LogP contribution in [0.2, 0.25) is 0 Å². The van der Waals surface area contributed by atoms with Crippen molar-refractivity contribution in [1.82, 2.24) is 0 Å². The van der Waals surface area contributed by atoms with Crippen LogP contribution < -0.4 is 0 Å². The Balaban J connectivity index is 2.25. The van der Waals surface area contributed by atoms with Crippen molar-refractivity contribution in [2.24, 2.45) is 0 Å². The summed E-state index contributed by atoms with van der Waals surface area (Å²) in [6, 6.07) is 15.7. The predicted octanol–water partition coefficient (Wildman–Crippen LogP) is 5.09.